The first-order chi connectivity index (χ1) is 9.38. The molecule has 20 heavy (non-hydrogen) atoms. The van der Waals surface area contributed by atoms with Crippen LogP contribution in [0.4, 0.5) is 13.2 Å². The number of hydrogen-bond donors (Lipinski definition) is 1. The molecule has 1 N–H and O–H groups in total. The Hall–Kier alpha value is -1.34. The summed E-state index contributed by atoms with van der Waals surface area (Å²) >= 11 is 4.68. The van der Waals surface area contributed by atoms with Crippen LogP contribution in [0.15, 0.2) is 40.2 Å². The molecule has 7 heteroatoms. The van der Waals surface area contributed by atoms with Crippen molar-refractivity contribution in [2.45, 2.75) is 12.7 Å². The van der Waals surface area contributed by atoms with Crippen molar-refractivity contribution in [1.82, 2.24) is 5.32 Å². The second-order valence-corrected chi connectivity index (χ2v) is 5.87. The molecule has 0 saturated heterocycles. The molecular formula is C13H9BrF3NOS. The molecule has 0 bridgehead atoms. The molecule has 1 heterocycles. The van der Waals surface area contributed by atoms with Crippen molar-refractivity contribution in [2.24, 2.45) is 0 Å². The summed E-state index contributed by atoms with van der Waals surface area (Å²) in [5.41, 5.74) is -1.29. The highest BCUT2D eigenvalue weighted by atomic mass is 79.9. The van der Waals surface area contributed by atoms with Crippen molar-refractivity contribution in [3.05, 3.63) is 56.2 Å². The van der Waals surface area contributed by atoms with E-state index in [1.54, 1.807) is 6.07 Å². The average Bonchev–Trinajstić information content (AvgIpc) is 2.81. The van der Waals surface area contributed by atoms with Gasteiger partial charge in [-0.05, 0) is 34.1 Å². The summed E-state index contributed by atoms with van der Waals surface area (Å²) in [5, 5.41) is 4.33. The van der Waals surface area contributed by atoms with Crippen LogP contribution in [0.2, 0.25) is 0 Å². The Bertz CT molecular complexity index is 624. The monoisotopic (exact) mass is 363 g/mol. The minimum Gasteiger partial charge on any atom is -0.347 e. The van der Waals surface area contributed by atoms with E-state index in [9.17, 15) is 18.0 Å². The van der Waals surface area contributed by atoms with Gasteiger partial charge in [0.1, 0.15) is 0 Å². The van der Waals surface area contributed by atoms with E-state index in [1.165, 1.54) is 29.5 Å². The topological polar surface area (TPSA) is 29.1 Å². The molecule has 1 aromatic carbocycles. The van der Waals surface area contributed by atoms with E-state index < -0.39 is 17.6 Å². The second kappa shape index (κ2) is 5.97. The molecule has 2 nitrogen and oxygen atoms in total. The summed E-state index contributed by atoms with van der Waals surface area (Å²) in [7, 11) is 0. The van der Waals surface area contributed by atoms with Crippen molar-refractivity contribution in [3.8, 4) is 0 Å². The van der Waals surface area contributed by atoms with Gasteiger partial charge in [-0.1, -0.05) is 12.1 Å². The van der Waals surface area contributed by atoms with Crippen LogP contribution >= 0.6 is 27.3 Å². The van der Waals surface area contributed by atoms with Gasteiger partial charge in [0.25, 0.3) is 5.91 Å². The molecule has 0 fully saturated rings. The van der Waals surface area contributed by atoms with E-state index >= 15 is 0 Å². The van der Waals surface area contributed by atoms with Gasteiger partial charge in [-0.3, -0.25) is 4.79 Å². The van der Waals surface area contributed by atoms with E-state index in [0.717, 1.165) is 15.4 Å². The largest absolute Gasteiger partial charge is 0.417 e. The number of benzene rings is 1. The van der Waals surface area contributed by atoms with Crippen molar-refractivity contribution < 1.29 is 18.0 Å². The van der Waals surface area contributed by atoms with Crippen molar-refractivity contribution in [3.63, 3.8) is 0 Å². The maximum Gasteiger partial charge on any atom is 0.417 e. The molecule has 1 amide bonds. The Morgan fingerprint density at radius 3 is 2.60 bits per heavy atom. The van der Waals surface area contributed by atoms with Gasteiger partial charge < -0.3 is 5.32 Å². The van der Waals surface area contributed by atoms with Crippen LogP contribution in [0.25, 0.3) is 0 Å². The predicted octanol–water partition coefficient (Wildman–Crippen LogP) is 4.46. The summed E-state index contributed by atoms with van der Waals surface area (Å²) in [5.74, 6) is -0.734. The van der Waals surface area contributed by atoms with E-state index in [1.807, 2.05) is 5.38 Å². The SMILES string of the molecule is O=C(NCc1cc(Br)cs1)c1ccccc1C(F)(F)F. The molecule has 0 aliphatic rings. The van der Waals surface area contributed by atoms with Crippen LogP contribution < -0.4 is 5.32 Å². The van der Waals surface area contributed by atoms with E-state index in [0.29, 0.717) is 0 Å². The molecule has 0 saturated carbocycles. The van der Waals surface area contributed by atoms with Crippen LogP contribution in [0, 0.1) is 0 Å². The first-order valence-corrected chi connectivity index (χ1v) is 7.22. The van der Waals surface area contributed by atoms with Crippen LogP contribution in [-0.2, 0) is 12.7 Å². The fourth-order valence-corrected chi connectivity index (χ4v) is 3.03. The Morgan fingerprint density at radius 2 is 2.00 bits per heavy atom. The highest BCUT2D eigenvalue weighted by molar-refractivity contribution is 9.10. The molecule has 2 rings (SSSR count). The molecular weight excluding hydrogens is 355 g/mol. The third-order valence-corrected chi connectivity index (χ3v) is 4.22. The Morgan fingerprint density at radius 1 is 1.30 bits per heavy atom. The molecule has 0 spiro atoms. The number of nitrogens with one attached hydrogen (secondary N) is 1. The lowest BCUT2D eigenvalue weighted by Crippen LogP contribution is -2.25. The Balaban J connectivity index is 2.13. The molecule has 2 aromatic rings. The molecule has 0 atom stereocenters. The van der Waals surface area contributed by atoms with Gasteiger partial charge in [0.05, 0.1) is 17.7 Å². The van der Waals surface area contributed by atoms with Crippen molar-refractivity contribution in [1.29, 1.82) is 0 Å². The number of alkyl halides is 3. The summed E-state index contributed by atoms with van der Waals surface area (Å²) in [6.45, 7) is 0.196. The molecule has 0 unspecified atom stereocenters. The minimum absolute atomic E-state index is 0.196. The summed E-state index contributed by atoms with van der Waals surface area (Å²) < 4.78 is 39.3. The number of carbonyl (C=O) groups excluding carboxylic acids is 1. The predicted molar refractivity (Wildman–Crippen MR) is 74.6 cm³/mol. The van der Waals surface area contributed by atoms with Gasteiger partial charge in [-0.25, -0.2) is 0 Å². The van der Waals surface area contributed by atoms with Gasteiger partial charge in [0.15, 0.2) is 0 Å². The quantitative estimate of drug-likeness (QED) is 0.856. The summed E-state index contributed by atoms with van der Waals surface area (Å²) in [4.78, 5) is 12.7. The van der Waals surface area contributed by atoms with Crippen LogP contribution in [0.1, 0.15) is 20.8 Å². The van der Waals surface area contributed by atoms with Gasteiger partial charge in [-0.15, -0.1) is 11.3 Å². The number of halogens is 4. The highest BCUT2D eigenvalue weighted by Crippen LogP contribution is 2.31. The number of hydrogen-bond acceptors (Lipinski definition) is 2. The van der Waals surface area contributed by atoms with Crippen molar-refractivity contribution in [2.75, 3.05) is 0 Å². The zero-order valence-corrected chi connectivity index (χ0v) is 12.4. The zero-order chi connectivity index (χ0) is 14.8. The lowest BCUT2D eigenvalue weighted by molar-refractivity contribution is -0.137. The fourth-order valence-electron chi connectivity index (χ4n) is 1.64. The first kappa shape index (κ1) is 15.1. The fraction of sp³-hybridized carbons (Fsp3) is 0.154. The molecule has 0 aliphatic carbocycles. The maximum absolute atomic E-state index is 12.8. The number of rotatable bonds is 3. The molecule has 1 aromatic heterocycles. The average molecular weight is 364 g/mol. The minimum atomic E-state index is -4.54. The standard InChI is InChI=1S/C13H9BrF3NOS/c14-8-5-9(20-7-8)6-18-12(19)10-3-1-2-4-11(10)13(15,16)17/h1-5,7H,6H2,(H,18,19). The van der Waals surface area contributed by atoms with Crippen LogP contribution in [-0.4, -0.2) is 5.91 Å². The Kier molecular flexibility index (Phi) is 4.49. The summed E-state index contributed by atoms with van der Waals surface area (Å²) in [6.07, 6.45) is -4.54. The van der Waals surface area contributed by atoms with E-state index in [4.69, 9.17) is 0 Å². The second-order valence-electron chi connectivity index (χ2n) is 3.96. The Labute approximate surface area is 125 Å². The van der Waals surface area contributed by atoms with Crippen LogP contribution in [0.5, 0.6) is 0 Å². The van der Waals surface area contributed by atoms with Gasteiger partial charge >= 0.3 is 6.18 Å². The maximum atomic E-state index is 12.8. The van der Waals surface area contributed by atoms with E-state index in [2.05, 4.69) is 21.2 Å². The molecule has 0 radical (unpaired) electrons. The van der Waals surface area contributed by atoms with Crippen molar-refractivity contribution >= 4 is 33.2 Å². The smallest absolute Gasteiger partial charge is 0.347 e. The number of amides is 1. The van der Waals surface area contributed by atoms with Gasteiger partial charge in [-0.2, -0.15) is 13.2 Å². The number of carbonyl (C=O) groups is 1. The normalized spacial score (nSPS) is 11.4. The number of thiophene rings is 1. The molecule has 0 aliphatic heterocycles. The van der Waals surface area contributed by atoms with Gasteiger partial charge in [0, 0.05) is 14.7 Å². The zero-order valence-electron chi connectivity index (χ0n) is 10.00. The summed E-state index contributed by atoms with van der Waals surface area (Å²) in [6, 6.07) is 6.54. The highest BCUT2D eigenvalue weighted by Gasteiger charge is 2.34. The van der Waals surface area contributed by atoms with Crippen LogP contribution in [0.3, 0.4) is 0 Å². The molecule has 106 valence electrons. The van der Waals surface area contributed by atoms with Gasteiger partial charge in [0.2, 0.25) is 0 Å². The van der Waals surface area contributed by atoms with E-state index in [-0.39, 0.29) is 12.1 Å². The lowest BCUT2D eigenvalue weighted by Gasteiger charge is -2.12. The lowest BCUT2D eigenvalue weighted by atomic mass is 10.1. The first-order valence-electron chi connectivity index (χ1n) is 5.55. The third kappa shape index (κ3) is 3.61. The third-order valence-electron chi connectivity index (χ3n) is 2.52.